The van der Waals surface area contributed by atoms with Crippen LogP contribution >= 0.6 is 15.9 Å². The van der Waals surface area contributed by atoms with E-state index in [-0.39, 0.29) is 6.04 Å². The molecule has 0 saturated heterocycles. The van der Waals surface area contributed by atoms with E-state index in [4.69, 9.17) is 10.2 Å². The third-order valence-corrected chi connectivity index (χ3v) is 3.29. The molecule has 6 heteroatoms. The number of halogens is 1. The summed E-state index contributed by atoms with van der Waals surface area (Å²) < 4.78 is 8.10. The van der Waals surface area contributed by atoms with Crippen LogP contribution in [0.4, 0.5) is 0 Å². The van der Waals surface area contributed by atoms with Gasteiger partial charge in [0.2, 0.25) is 0 Å². The summed E-state index contributed by atoms with van der Waals surface area (Å²) in [5.74, 6) is 0.871. The van der Waals surface area contributed by atoms with Gasteiger partial charge in [-0.1, -0.05) is 0 Å². The number of aryl methyl sites for hydroxylation is 1. The number of nitrogens with zero attached hydrogens (tertiary/aromatic N) is 3. The smallest absolute Gasteiger partial charge is 0.169 e. The van der Waals surface area contributed by atoms with Gasteiger partial charge in [0.15, 0.2) is 4.67 Å². The zero-order valence-corrected chi connectivity index (χ0v) is 12.1. The standard InChI is InChI=1S/C12H17BrN4O/c1-16(7-9-6-15-17(2)8-9)10(5-14)11-3-4-12(13)18-11/h3-4,6,8,10H,5,7,14H2,1-2H3. The van der Waals surface area contributed by atoms with Crippen molar-refractivity contribution in [2.24, 2.45) is 12.8 Å². The van der Waals surface area contributed by atoms with Crippen LogP contribution in [0.25, 0.3) is 0 Å². The topological polar surface area (TPSA) is 60.2 Å². The van der Waals surface area contributed by atoms with Crippen LogP contribution in [0.15, 0.2) is 33.6 Å². The molecule has 2 heterocycles. The molecule has 0 bridgehead atoms. The monoisotopic (exact) mass is 312 g/mol. The molecule has 0 aliphatic heterocycles. The van der Waals surface area contributed by atoms with Crippen molar-refractivity contribution in [2.75, 3.05) is 13.6 Å². The average Bonchev–Trinajstić information content (AvgIpc) is 2.89. The van der Waals surface area contributed by atoms with Crippen molar-refractivity contribution in [2.45, 2.75) is 12.6 Å². The Kier molecular flexibility index (Phi) is 4.21. The molecule has 0 fully saturated rings. The predicted molar refractivity (Wildman–Crippen MR) is 72.9 cm³/mol. The van der Waals surface area contributed by atoms with Gasteiger partial charge in [0.25, 0.3) is 0 Å². The molecule has 2 aromatic heterocycles. The van der Waals surface area contributed by atoms with Crippen molar-refractivity contribution in [3.05, 3.63) is 40.5 Å². The van der Waals surface area contributed by atoms with Gasteiger partial charge < -0.3 is 10.2 Å². The second-order valence-electron chi connectivity index (χ2n) is 4.33. The minimum absolute atomic E-state index is 0.0662. The first-order chi connectivity index (χ1) is 8.60. The van der Waals surface area contributed by atoms with Gasteiger partial charge in [0.05, 0.1) is 12.2 Å². The molecular formula is C12H17BrN4O. The number of likely N-dealkylation sites (N-methyl/N-ethyl adjacent to an activating group) is 1. The van der Waals surface area contributed by atoms with E-state index >= 15 is 0 Å². The van der Waals surface area contributed by atoms with Gasteiger partial charge >= 0.3 is 0 Å². The lowest BCUT2D eigenvalue weighted by Crippen LogP contribution is -2.29. The van der Waals surface area contributed by atoms with Crippen molar-refractivity contribution < 1.29 is 4.42 Å². The lowest BCUT2D eigenvalue weighted by Gasteiger charge is -2.24. The predicted octanol–water partition coefficient (Wildman–Crippen LogP) is 1.91. The highest BCUT2D eigenvalue weighted by molar-refractivity contribution is 9.10. The van der Waals surface area contributed by atoms with Crippen molar-refractivity contribution in [1.29, 1.82) is 0 Å². The van der Waals surface area contributed by atoms with Crippen LogP contribution in [-0.4, -0.2) is 28.3 Å². The highest BCUT2D eigenvalue weighted by atomic mass is 79.9. The number of nitrogens with two attached hydrogens (primary N) is 1. The first-order valence-electron chi connectivity index (χ1n) is 5.73. The quantitative estimate of drug-likeness (QED) is 0.916. The fourth-order valence-electron chi connectivity index (χ4n) is 1.97. The van der Waals surface area contributed by atoms with E-state index < -0.39 is 0 Å². The van der Waals surface area contributed by atoms with Crippen LogP contribution in [0, 0.1) is 0 Å². The van der Waals surface area contributed by atoms with Crippen LogP contribution in [0.2, 0.25) is 0 Å². The van der Waals surface area contributed by atoms with Gasteiger partial charge in [0, 0.05) is 31.9 Å². The van der Waals surface area contributed by atoms with Crippen LogP contribution < -0.4 is 5.73 Å². The summed E-state index contributed by atoms with van der Waals surface area (Å²) in [6.07, 6.45) is 3.87. The molecule has 0 spiro atoms. The molecule has 2 aromatic rings. The van der Waals surface area contributed by atoms with E-state index in [1.54, 1.807) is 4.68 Å². The third kappa shape index (κ3) is 3.01. The minimum Gasteiger partial charge on any atom is -0.453 e. The molecule has 0 saturated carbocycles. The molecule has 0 radical (unpaired) electrons. The Morgan fingerprint density at radius 2 is 2.33 bits per heavy atom. The Labute approximate surface area is 115 Å². The highest BCUT2D eigenvalue weighted by Crippen LogP contribution is 2.24. The van der Waals surface area contributed by atoms with Crippen molar-refractivity contribution in [1.82, 2.24) is 14.7 Å². The summed E-state index contributed by atoms with van der Waals surface area (Å²) in [4.78, 5) is 2.16. The molecule has 0 aliphatic rings. The lowest BCUT2D eigenvalue weighted by atomic mass is 10.2. The molecule has 1 unspecified atom stereocenters. The van der Waals surface area contributed by atoms with Crippen LogP contribution in [0.1, 0.15) is 17.4 Å². The summed E-state index contributed by atoms with van der Waals surface area (Å²) in [5, 5.41) is 4.16. The molecule has 98 valence electrons. The van der Waals surface area contributed by atoms with Gasteiger partial charge in [-0.25, -0.2) is 0 Å². The summed E-state index contributed by atoms with van der Waals surface area (Å²) in [7, 11) is 3.94. The molecular weight excluding hydrogens is 296 g/mol. The van der Waals surface area contributed by atoms with E-state index in [2.05, 4.69) is 25.9 Å². The first-order valence-corrected chi connectivity index (χ1v) is 6.52. The minimum atomic E-state index is 0.0662. The zero-order valence-electron chi connectivity index (χ0n) is 10.5. The Hall–Kier alpha value is -1.11. The maximum atomic E-state index is 5.84. The maximum absolute atomic E-state index is 5.84. The number of hydrogen-bond acceptors (Lipinski definition) is 4. The van der Waals surface area contributed by atoms with Crippen LogP contribution in [-0.2, 0) is 13.6 Å². The molecule has 18 heavy (non-hydrogen) atoms. The Bertz CT molecular complexity index is 508. The fourth-order valence-corrected chi connectivity index (χ4v) is 2.29. The van der Waals surface area contributed by atoms with Crippen LogP contribution in [0.5, 0.6) is 0 Å². The summed E-state index contributed by atoms with van der Waals surface area (Å²) in [6.45, 7) is 1.30. The van der Waals surface area contributed by atoms with Crippen LogP contribution in [0.3, 0.4) is 0 Å². The van der Waals surface area contributed by atoms with E-state index in [1.165, 1.54) is 0 Å². The van der Waals surface area contributed by atoms with Gasteiger partial charge in [-0.2, -0.15) is 5.10 Å². The van der Waals surface area contributed by atoms with Gasteiger partial charge in [-0.3, -0.25) is 9.58 Å². The number of furan rings is 1. The second kappa shape index (κ2) is 5.69. The van der Waals surface area contributed by atoms with Crippen molar-refractivity contribution in [3.63, 3.8) is 0 Å². The van der Waals surface area contributed by atoms with E-state index in [1.807, 2.05) is 38.6 Å². The molecule has 1 atom stereocenters. The molecule has 5 nitrogen and oxygen atoms in total. The Morgan fingerprint density at radius 1 is 1.56 bits per heavy atom. The SMILES string of the molecule is CN(Cc1cnn(C)c1)C(CN)c1ccc(Br)o1. The highest BCUT2D eigenvalue weighted by Gasteiger charge is 2.19. The number of hydrogen-bond donors (Lipinski definition) is 1. The molecule has 0 aliphatic carbocycles. The van der Waals surface area contributed by atoms with Gasteiger partial charge in [0.1, 0.15) is 5.76 Å². The third-order valence-electron chi connectivity index (χ3n) is 2.87. The number of aromatic nitrogens is 2. The van der Waals surface area contributed by atoms with Crippen molar-refractivity contribution in [3.8, 4) is 0 Å². The molecule has 2 rings (SSSR count). The molecule has 0 amide bonds. The first kappa shape index (κ1) is 13.3. The Morgan fingerprint density at radius 3 is 2.83 bits per heavy atom. The molecule has 2 N–H and O–H groups in total. The zero-order chi connectivity index (χ0) is 13.1. The fraction of sp³-hybridized carbons (Fsp3) is 0.417. The van der Waals surface area contributed by atoms with E-state index in [9.17, 15) is 0 Å². The van der Waals surface area contributed by atoms with Gasteiger partial charge in [-0.05, 0) is 35.1 Å². The summed E-state index contributed by atoms with van der Waals surface area (Å²) in [5.41, 5.74) is 6.99. The Balaban J connectivity index is 2.08. The van der Waals surface area contributed by atoms with Gasteiger partial charge in [-0.15, -0.1) is 0 Å². The average molecular weight is 313 g/mol. The van der Waals surface area contributed by atoms with Crippen molar-refractivity contribution >= 4 is 15.9 Å². The molecule has 0 aromatic carbocycles. The number of rotatable bonds is 5. The summed E-state index contributed by atoms with van der Waals surface area (Å²) >= 11 is 3.31. The largest absolute Gasteiger partial charge is 0.453 e. The van der Waals surface area contributed by atoms with E-state index in [0.717, 1.165) is 22.5 Å². The normalized spacial score (nSPS) is 13.2. The second-order valence-corrected chi connectivity index (χ2v) is 5.11. The van der Waals surface area contributed by atoms with E-state index in [0.29, 0.717) is 6.54 Å². The maximum Gasteiger partial charge on any atom is 0.169 e. The lowest BCUT2D eigenvalue weighted by molar-refractivity contribution is 0.211. The summed E-state index contributed by atoms with van der Waals surface area (Å²) in [6, 6.07) is 3.90.